The van der Waals surface area contributed by atoms with E-state index < -0.39 is 34.3 Å². The monoisotopic (exact) mass is 733 g/mol. The number of aromatic nitrogens is 4. The lowest BCUT2D eigenvalue weighted by molar-refractivity contribution is 0.470. The number of hydrazine groups is 1. The normalized spacial score (nSPS) is 11.6. The van der Waals surface area contributed by atoms with Gasteiger partial charge in [-0.2, -0.15) is 8.21 Å². The molecule has 0 aliphatic rings. The number of phenolic OH excluding ortho intramolecular Hbond substituents is 1. The van der Waals surface area contributed by atoms with Gasteiger partial charge in [0.1, 0.15) is 17.3 Å². The molecule has 0 saturated heterocycles. The molecular formula is C24H23F2I2N7O2. The van der Waals surface area contributed by atoms with Crippen LogP contribution in [0.4, 0.5) is 14.6 Å². The van der Waals surface area contributed by atoms with E-state index in [0.29, 0.717) is 24.5 Å². The third kappa shape index (κ3) is 5.39. The van der Waals surface area contributed by atoms with Crippen molar-refractivity contribution in [3.05, 3.63) is 69.9 Å². The van der Waals surface area contributed by atoms with Crippen LogP contribution in [0.3, 0.4) is 0 Å². The van der Waals surface area contributed by atoms with Crippen LogP contribution in [0.2, 0.25) is 0 Å². The van der Waals surface area contributed by atoms with E-state index >= 15 is 4.39 Å². The molecule has 4 rings (SSSR count). The zero-order valence-electron chi connectivity index (χ0n) is 20.1. The van der Waals surface area contributed by atoms with Gasteiger partial charge in [0, 0.05) is 42.2 Å². The van der Waals surface area contributed by atoms with Crippen LogP contribution in [-0.2, 0) is 0 Å². The molecule has 0 fully saturated rings. The van der Waals surface area contributed by atoms with Gasteiger partial charge in [-0.15, -0.1) is 0 Å². The summed E-state index contributed by atoms with van der Waals surface area (Å²) in [7, 11) is 0. The minimum Gasteiger partial charge on any atom is -0.507 e. The third-order valence-corrected chi connectivity index (χ3v) is 7.18. The summed E-state index contributed by atoms with van der Waals surface area (Å²) >= 11 is 3.90. The Morgan fingerprint density at radius 1 is 1.14 bits per heavy atom. The predicted molar refractivity (Wildman–Crippen MR) is 155 cm³/mol. The van der Waals surface area contributed by atoms with E-state index in [0.717, 1.165) is 17.7 Å². The number of benzene rings is 1. The Kier molecular flexibility index (Phi) is 8.25. The van der Waals surface area contributed by atoms with Crippen molar-refractivity contribution in [2.75, 3.05) is 16.2 Å². The number of halogens is 4. The fourth-order valence-electron chi connectivity index (χ4n) is 4.04. The highest BCUT2D eigenvalue weighted by Crippen LogP contribution is 2.36. The van der Waals surface area contributed by atoms with Gasteiger partial charge in [-0.1, -0.05) is 19.9 Å². The van der Waals surface area contributed by atoms with Crippen molar-refractivity contribution in [3.8, 4) is 22.7 Å². The Morgan fingerprint density at radius 2 is 1.86 bits per heavy atom. The maximum atomic E-state index is 15.5. The average molecular weight is 733 g/mol. The SMILES string of the molecule is Cc1nccc(C(C)C)c1-n1c(=O)nc(N(I)CCN(N)I)c2cc(F)c(-c3c(O)cccc3F)nc21. The van der Waals surface area contributed by atoms with Gasteiger partial charge in [0.25, 0.3) is 0 Å². The molecule has 3 aromatic heterocycles. The Labute approximate surface area is 239 Å². The Hall–Kier alpha value is -2.50. The molecule has 1 aromatic carbocycles. The minimum atomic E-state index is -0.882. The molecular weight excluding hydrogens is 710 g/mol. The number of phenols is 1. The number of pyridine rings is 2. The molecule has 4 aromatic rings. The van der Waals surface area contributed by atoms with Crippen molar-refractivity contribution < 1.29 is 13.9 Å². The molecule has 0 bridgehead atoms. The van der Waals surface area contributed by atoms with Crippen LogP contribution in [0.15, 0.2) is 41.3 Å². The van der Waals surface area contributed by atoms with E-state index in [4.69, 9.17) is 5.84 Å². The summed E-state index contributed by atoms with van der Waals surface area (Å²) in [5.74, 6) is 3.70. The molecule has 0 atom stereocenters. The van der Waals surface area contributed by atoms with Crippen molar-refractivity contribution in [1.82, 2.24) is 22.7 Å². The Balaban J connectivity index is 2.13. The molecule has 9 nitrogen and oxygen atoms in total. The summed E-state index contributed by atoms with van der Waals surface area (Å²) in [5, 5.41) is 10.6. The van der Waals surface area contributed by atoms with E-state index in [2.05, 4.69) is 15.0 Å². The summed E-state index contributed by atoms with van der Waals surface area (Å²) in [6.07, 6.45) is 1.65. The van der Waals surface area contributed by atoms with E-state index in [-0.39, 0.29) is 22.8 Å². The predicted octanol–water partition coefficient (Wildman–Crippen LogP) is 4.94. The number of hydrogen-bond acceptors (Lipinski definition) is 8. The fraction of sp³-hybridized carbons (Fsp3) is 0.250. The highest BCUT2D eigenvalue weighted by Gasteiger charge is 2.25. The molecule has 0 radical (unpaired) electrons. The van der Waals surface area contributed by atoms with Gasteiger partial charge in [-0.25, -0.2) is 23.1 Å². The molecule has 13 heteroatoms. The van der Waals surface area contributed by atoms with Crippen molar-refractivity contribution >= 4 is 62.6 Å². The maximum absolute atomic E-state index is 15.5. The zero-order valence-corrected chi connectivity index (χ0v) is 24.4. The number of aryl methyl sites for hydroxylation is 1. The van der Waals surface area contributed by atoms with Crippen LogP contribution in [-0.4, -0.2) is 40.9 Å². The summed E-state index contributed by atoms with van der Waals surface area (Å²) in [4.78, 5) is 26.7. The number of fused-ring (bicyclic) bond motifs is 1. The Morgan fingerprint density at radius 3 is 2.51 bits per heavy atom. The first-order valence-electron chi connectivity index (χ1n) is 11.2. The van der Waals surface area contributed by atoms with Crippen LogP contribution in [0.25, 0.3) is 28.0 Å². The van der Waals surface area contributed by atoms with Crippen LogP contribution in [0.5, 0.6) is 5.75 Å². The molecule has 0 aliphatic carbocycles. The quantitative estimate of drug-likeness (QED) is 0.119. The Bertz CT molecular complexity index is 1530. The standard InChI is InChI=1S/C24H23F2I2N7O2/c1-12(2)14-7-8-30-13(3)21(14)35-23-15(22(32-24(35)37)33(27)9-10-34(28)29)11-17(26)20(31-23)19-16(25)5-4-6-18(19)36/h4-8,11-12,36H,9-10,29H2,1-3H3. The topological polar surface area (TPSA) is 113 Å². The van der Waals surface area contributed by atoms with Crippen molar-refractivity contribution in [3.63, 3.8) is 0 Å². The van der Waals surface area contributed by atoms with E-state index in [1.807, 2.05) is 59.6 Å². The van der Waals surface area contributed by atoms with Gasteiger partial charge < -0.3 is 5.11 Å². The van der Waals surface area contributed by atoms with E-state index in [1.54, 1.807) is 22.3 Å². The molecule has 37 heavy (non-hydrogen) atoms. The van der Waals surface area contributed by atoms with E-state index in [9.17, 15) is 14.3 Å². The lowest BCUT2D eigenvalue weighted by Gasteiger charge is -2.22. The van der Waals surface area contributed by atoms with Gasteiger partial charge in [0.15, 0.2) is 17.3 Å². The van der Waals surface area contributed by atoms with Crippen molar-refractivity contribution in [2.24, 2.45) is 5.84 Å². The highest BCUT2D eigenvalue weighted by molar-refractivity contribution is 14.1. The summed E-state index contributed by atoms with van der Waals surface area (Å²) in [6.45, 7) is 6.48. The third-order valence-electron chi connectivity index (χ3n) is 5.75. The summed E-state index contributed by atoms with van der Waals surface area (Å²) in [5.41, 5.74) is 0.372. The molecule has 194 valence electrons. The molecule has 0 unspecified atom stereocenters. The van der Waals surface area contributed by atoms with Crippen LogP contribution >= 0.6 is 45.7 Å². The van der Waals surface area contributed by atoms with Crippen molar-refractivity contribution in [1.29, 1.82) is 0 Å². The van der Waals surface area contributed by atoms with Crippen molar-refractivity contribution in [2.45, 2.75) is 26.7 Å². The second kappa shape index (κ2) is 11.1. The van der Waals surface area contributed by atoms with Crippen LogP contribution in [0.1, 0.15) is 31.0 Å². The minimum absolute atomic E-state index is 0.00845. The molecule has 0 aliphatic heterocycles. The lowest BCUT2D eigenvalue weighted by atomic mass is 10.0. The van der Waals surface area contributed by atoms with Gasteiger partial charge in [-0.05, 0) is 42.7 Å². The molecule has 3 N–H and O–H groups in total. The van der Waals surface area contributed by atoms with Gasteiger partial charge >= 0.3 is 5.69 Å². The molecule has 0 saturated carbocycles. The fourth-order valence-corrected chi connectivity index (χ4v) is 4.84. The second-order valence-electron chi connectivity index (χ2n) is 8.58. The number of nitrogens with two attached hydrogens (primary N) is 1. The first-order valence-corrected chi connectivity index (χ1v) is 13.1. The van der Waals surface area contributed by atoms with E-state index in [1.165, 1.54) is 19.9 Å². The summed E-state index contributed by atoms with van der Waals surface area (Å²) in [6, 6.07) is 6.60. The molecule has 0 spiro atoms. The number of hydrogen-bond donors (Lipinski definition) is 2. The summed E-state index contributed by atoms with van der Waals surface area (Å²) < 4.78 is 34.6. The number of aromatic hydroxyl groups is 1. The van der Waals surface area contributed by atoms with Gasteiger partial charge in [0.05, 0.1) is 45.2 Å². The smallest absolute Gasteiger partial charge is 0.355 e. The number of anilines is 1. The zero-order chi connectivity index (χ0) is 27.0. The maximum Gasteiger partial charge on any atom is 0.355 e. The lowest BCUT2D eigenvalue weighted by Crippen LogP contribution is -2.31. The van der Waals surface area contributed by atoms with Crippen LogP contribution < -0.4 is 14.6 Å². The average Bonchev–Trinajstić information content (AvgIpc) is 2.83. The number of nitrogens with zero attached hydrogens (tertiary/aromatic N) is 6. The second-order valence-corrected chi connectivity index (χ2v) is 11.0. The highest BCUT2D eigenvalue weighted by atomic mass is 127. The molecule has 3 heterocycles. The van der Waals surface area contributed by atoms with Gasteiger partial charge in [0.2, 0.25) is 0 Å². The number of rotatable bonds is 7. The van der Waals surface area contributed by atoms with Gasteiger partial charge in [-0.3, -0.25) is 13.9 Å². The van der Waals surface area contributed by atoms with Crippen LogP contribution in [0, 0.1) is 18.6 Å². The largest absolute Gasteiger partial charge is 0.507 e. The first kappa shape index (κ1) is 27.5. The first-order chi connectivity index (χ1) is 17.5. The molecule has 0 amide bonds.